The van der Waals surface area contributed by atoms with E-state index >= 15 is 0 Å². The number of hydrogen-bond acceptors (Lipinski definition) is 2. The summed E-state index contributed by atoms with van der Waals surface area (Å²) >= 11 is 0. The lowest BCUT2D eigenvalue weighted by atomic mass is 10.1. The number of nitrogens with zero attached hydrogens (tertiary/aromatic N) is 1. The summed E-state index contributed by atoms with van der Waals surface area (Å²) in [5.41, 5.74) is 2.52. The van der Waals surface area contributed by atoms with Crippen molar-refractivity contribution in [2.75, 3.05) is 20.1 Å². The molecule has 0 bridgehead atoms. The third-order valence-electron chi connectivity index (χ3n) is 3.09. The first-order chi connectivity index (χ1) is 7.66. The Bertz CT molecular complexity index is 372. The van der Waals surface area contributed by atoms with Crippen LogP contribution in [0.4, 0.5) is 0 Å². The van der Waals surface area contributed by atoms with Gasteiger partial charge in [0.25, 0.3) is 0 Å². The van der Waals surface area contributed by atoms with E-state index in [9.17, 15) is 4.79 Å². The van der Waals surface area contributed by atoms with Crippen molar-refractivity contribution in [3.8, 4) is 0 Å². The first-order valence-corrected chi connectivity index (χ1v) is 5.71. The molecular weight excluding hydrogens is 200 g/mol. The molecule has 1 aliphatic heterocycles. The SMILES string of the molecule is Cc1ccc(C2CN(C)C(=O)CCN2)cc1. The van der Waals surface area contributed by atoms with Crippen LogP contribution in [0.5, 0.6) is 0 Å². The van der Waals surface area contributed by atoms with Crippen LogP contribution in [0.25, 0.3) is 0 Å². The van der Waals surface area contributed by atoms with E-state index in [-0.39, 0.29) is 11.9 Å². The Morgan fingerprint density at radius 1 is 1.31 bits per heavy atom. The van der Waals surface area contributed by atoms with Gasteiger partial charge in [0.15, 0.2) is 0 Å². The van der Waals surface area contributed by atoms with Crippen molar-refractivity contribution in [1.82, 2.24) is 10.2 Å². The maximum absolute atomic E-state index is 11.5. The van der Waals surface area contributed by atoms with Crippen molar-refractivity contribution in [2.24, 2.45) is 0 Å². The smallest absolute Gasteiger partial charge is 0.223 e. The van der Waals surface area contributed by atoms with Crippen LogP contribution in [-0.2, 0) is 4.79 Å². The monoisotopic (exact) mass is 218 g/mol. The molecule has 2 rings (SSSR count). The average molecular weight is 218 g/mol. The second-order valence-corrected chi connectivity index (χ2v) is 4.44. The normalized spacial score (nSPS) is 22.0. The molecule has 3 heteroatoms. The summed E-state index contributed by atoms with van der Waals surface area (Å²) in [5.74, 6) is 0.224. The maximum atomic E-state index is 11.5. The van der Waals surface area contributed by atoms with Gasteiger partial charge in [-0.05, 0) is 12.5 Å². The van der Waals surface area contributed by atoms with Gasteiger partial charge in [0.2, 0.25) is 5.91 Å². The second-order valence-electron chi connectivity index (χ2n) is 4.44. The van der Waals surface area contributed by atoms with E-state index < -0.39 is 0 Å². The highest BCUT2D eigenvalue weighted by molar-refractivity contribution is 5.76. The fourth-order valence-electron chi connectivity index (χ4n) is 2.01. The summed E-state index contributed by atoms with van der Waals surface area (Å²) in [5, 5.41) is 3.42. The predicted molar refractivity (Wildman–Crippen MR) is 64.2 cm³/mol. The zero-order valence-electron chi connectivity index (χ0n) is 9.86. The molecule has 1 N–H and O–H groups in total. The van der Waals surface area contributed by atoms with E-state index in [1.807, 2.05) is 11.9 Å². The van der Waals surface area contributed by atoms with Gasteiger partial charge in [0.1, 0.15) is 0 Å². The van der Waals surface area contributed by atoms with E-state index in [1.165, 1.54) is 11.1 Å². The number of rotatable bonds is 1. The summed E-state index contributed by atoms with van der Waals surface area (Å²) in [7, 11) is 1.87. The summed E-state index contributed by atoms with van der Waals surface area (Å²) in [6.07, 6.45) is 0.596. The molecule has 1 fully saturated rings. The lowest BCUT2D eigenvalue weighted by Gasteiger charge is -2.21. The number of likely N-dealkylation sites (N-methyl/N-ethyl adjacent to an activating group) is 1. The number of hydrogen-bond donors (Lipinski definition) is 1. The Hall–Kier alpha value is -1.35. The summed E-state index contributed by atoms with van der Waals surface area (Å²) in [6.45, 7) is 3.60. The van der Waals surface area contributed by atoms with Crippen molar-refractivity contribution < 1.29 is 4.79 Å². The first-order valence-electron chi connectivity index (χ1n) is 5.71. The highest BCUT2D eigenvalue weighted by atomic mass is 16.2. The molecular formula is C13H18N2O. The van der Waals surface area contributed by atoms with Crippen molar-refractivity contribution in [3.63, 3.8) is 0 Å². The Kier molecular flexibility index (Phi) is 3.25. The highest BCUT2D eigenvalue weighted by Gasteiger charge is 2.20. The van der Waals surface area contributed by atoms with Gasteiger partial charge < -0.3 is 10.2 Å². The minimum Gasteiger partial charge on any atom is -0.344 e. The van der Waals surface area contributed by atoms with Crippen LogP contribution in [0, 0.1) is 6.92 Å². The van der Waals surface area contributed by atoms with Crippen molar-refractivity contribution in [3.05, 3.63) is 35.4 Å². The molecule has 1 heterocycles. The van der Waals surface area contributed by atoms with Crippen molar-refractivity contribution >= 4 is 5.91 Å². The van der Waals surface area contributed by atoms with Gasteiger partial charge in [-0.3, -0.25) is 4.79 Å². The number of amides is 1. The van der Waals surface area contributed by atoms with Crippen LogP contribution in [0.1, 0.15) is 23.6 Å². The molecule has 3 nitrogen and oxygen atoms in total. The van der Waals surface area contributed by atoms with Crippen LogP contribution in [0.3, 0.4) is 0 Å². The Morgan fingerprint density at radius 2 is 2.00 bits per heavy atom. The number of carbonyl (C=O) groups is 1. The fourth-order valence-corrected chi connectivity index (χ4v) is 2.01. The number of aryl methyl sites for hydroxylation is 1. The number of benzene rings is 1. The summed E-state index contributed by atoms with van der Waals surface area (Å²) < 4.78 is 0. The van der Waals surface area contributed by atoms with Crippen LogP contribution in [0.15, 0.2) is 24.3 Å². The molecule has 0 spiro atoms. The third kappa shape index (κ3) is 2.42. The average Bonchev–Trinajstić information content (AvgIpc) is 2.43. The zero-order chi connectivity index (χ0) is 11.5. The van der Waals surface area contributed by atoms with Gasteiger partial charge in [-0.2, -0.15) is 0 Å². The second kappa shape index (κ2) is 4.66. The standard InChI is InChI=1S/C13H18N2O/c1-10-3-5-11(6-4-10)12-9-15(2)13(16)7-8-14-12/h3-6,12,14H,7-9H2,1-2H3. The van der Waals surface area contributed by atoms with E-state index in [1.54, 1.807) is 0 Å². The lowest BCUT2D eigenvalue weighted by molar-refractivity contribution is -0.129. The van der Waals surface area contributed by atoms with Crippen molar-refractivity contribution in [1.29, 1.82) is 0 Å². The molecule has 0 aromatic heterocycles. The van der Waals surface area contributed by atoms with Gasteiger partial charge in [0.05, 0.1) is 0 Å². The Labute approximate surface area is 96.5 Å². The molecule has 1 aromatic rings. The van der Waals surface area contributed by atoms with Crippen LogP contribution < -0.4 is 5.32 Å². The fraction of sp³-hybridized carbons (Fsp3) is 0.462. The molecule has 1 aliphatic rings. The minimum absolute atomic E-state index is 0.224. The van der Waals surface area contributed by atoms with Crippen LogP contribution in [-0.4, -0.2) is 30.9 Å². The van der Waals surface area contributed by atoms with Gasteiger partial charge in [-0.25, -0.2) is 0 Å². The molecule has 1 unspecified atom stereocenters. The molecule has 86 valence electrons. The van der Waals surface area contributed by atoms with Gasteiger partial charge in [-0.15, -0.1) is 0 Å². The molecule has 0 radical (unpaired) electrons. The van der Waals surface area contributed by atoms with Crippen molar-refractivity contribution in [2.45, 2.75) is 19.4 Å². The van der Waals surface area contributed by atoms with E-state index in [2.05, 4.69) is 36.5 Å². The summed E-state index contributed by atoms with van der Waals surface area (Å²) in [4.78, 5) is 13.3. The molecule has 1 atom stereocenters. The quantitative estimate of drug-likeness (QED) is 0.774. The lowest BCUT2D eigenvalue weighted by Crippen LogP contribution is -2.30. The Balaban J connectivity index is 2.14. The van der Waals surface area contributed by atoms with Gasteiger partial charge >= 0.3 is 0 Å². The predicted octanol–water partition coefficient (Wildman–Crippen LogP) is 1.49. The zero-order valence-corrected chi connectivity index (χ0v) is 9.86. The third-order valence-corrected chi connectivity index (χ3v) is 3.09. The largest absolute Gasteiger partial charge is 0.344 e. The number of carbonyl (C=O) groups excluding carboxylic acids is 1. The minimum atomic E-state index is 0.224. The summed E-state index contributed by atoms with van der Waals surface area (Å²) in [6, 6.07) is 8.76. The van der Waals surface area contributed by atoms with E-state index in [4.69, 9.17) is 0 Å². The van der Waals surface area contributed by atoms with Gasteiger partial charge in [0, 0.05) is 32.6 Å². The van der Waals surface area contributed by atoms with E-state index in [0.717, 1.165) is 13.1 Å². The molecule has 0 saturated carbocycles. The molecule has 0 aliphatic carbocycles. The maximum Gasteiger partial charge on any atom is 0.223 e. The highest BCUT2D eigenvalue weighted by Crippen LogP contribution is 2.17. The molecule has 1 amide bonds. The van der Waals surface area contributed by atoms with Gasteiger partial charge in [-0.1, -0.05) is 29.8 Å². The van der Waals surface area contributed by atoms with Crippen LogP contribution >= 0.6 is 0 Å². The Morgan fingerprint density at radius 3 is 2.69 bits per heavy atom. The van der Waals surface area contributed by atoms with E-state index in [0.29, 0.717) is 6.42 Å². The van der Waals surface area contributed by atoms with Crippen LogP contribution in [0.2, 0.25) is 0 Å². The molecule has 16 heavy (non-hydrogen) atoms. The molecule has 1 saturated heterocycles. The number of nitrogens with one attached hydrogen (secondary N) is 1. The first kappa shape index (κ1) is 11.1. The topological polar surface area (TPSA) is 32.3 Å². The molecule has 1 aromatic carbocycles.